The van der Waals surface area contributed by atoms with Crippen LogP contribution in [-0.2, 0) is 9.59 Å². The van der Waals surface area contributed by atoms with Crippen molar-refractivity contribution in [2.75, 3.05) is 13.2 Å². The molecule has 0 aliphatic carbocycles. The number of carbonyl (C=O) groups excluding carboxylic acids is 1. The Morgan fingerprint density at radius 2 is 2.14 bits per heavy atom. The van der Waals surface area contributed by atoms with Crippen molar-refractivity contribution in [2.24, 2.45) is 0 Å². The molecule has 1 atom stereocenters. The number of aliphatic carboxylic acids is 1. The van der Waals surface area contributed by atoms with Gasteiger partial charge in [0.05, 0.1) is 6.61 Å². The fraction of sp³-hybridized carbons (Fsp3) is 0.467. The predicted octanol–water partition coefficient (Wildman–Crippen LogP) is 2.20. The minimum atomic E-state index is -0.990. The van der Waals surface area contributed by atoms with Crippen molar-refractivity contribution in [3.63, 3.8) is 0 Å². The average Bonchev–Trinajstić information content (AvgIpc) is 2.95. The Hall–Kier alpha value is -2.18. The van der Waals surface area contributed by atoms with E-state index in [2.05, 4.69) is 0 Å². The standard InChI is InChI=1S/C15H17F2NO4/c16-10-5-6-13(11(17)9-10)22-8-2-4-14(19)18-7-1-3-12(18)15(20)21/h5-6,9,12H,1-4,7-8H2,(H,20,21). The third kappa shape index (κ3) is 3.93. The van der Waals surface area contributed by atoms with Crippen molar-refractivity contribution in [3.05, 3.63) is 29.8 Å². The normalized spacial score (nSPS) is 17.5. The number of likely N-dealkylation sites (tertiary alicyclic amines) is 1. The van der Waals surface area contributed by atoms with E-state index in [0.29, 0.717) is 25.8 Å². The topological polar surface area (TPSA) is 66.8 Å². The third-order valence-corrected chi connectivity index (χ3v) is 3.54. The van der Waals surface area contributed by atoms with Crippen LogP contribution in [0.15, 0.2) is 18.2 Å². The number of halogens is 2. The van der Waals surface area contributed by atoms with Crippen LogP contribution < -0.4 is 4.74 Å². The maximum atomic E-state index is 13.3. The number of rotatable bonds is 6. The van der Waals surface area contributed by atoms with Gasteiger partial charge in [-0.1, -0.05) is 0 Å². The second-order valence-corrected chi connectivity index (χ2v) is 5.11. The monoisotopic (exact) mass is 313 g/mol. The first-order valence-corrected chi connectivity index (χ1v) is 7.09. The number of carboxylic acid groups (broad SMARTS) is 1. The number of ether oxygens (including phenoxy) is 1. The molecule has 0 saturated carbocycles. The zero-order valence-corrected chi connectivity index (χ0v) is 11.9. The van der Waals surface area contributed by atoms with E-state index in [4.69, 9.17) is 9.84 Å². The van der Waals surface area contributed by atoms with E-state index < -0.39 is 23.6 Å². The van der Waals surface area contributed by atoms with Crippen LogP contribution >= 0.6 is 0 Å². The first-order valence-electron chi connectivity index (χ1n) is 7.09. The summed E-state index contributed by atoms with van der Waals surface area (Å²) in [6.45, 7) is 0.545. The lowest BCUT2D eigenvalue weighted by Gasteiger charge is -2.21. The second kappa shape index (κ2) is 7.20. The van der Waals surface area contributed by atoms with E-state index in [9.17, 15) is 18.4 Å². The van der Waals surface area contributed by atoms with Crippen LogP contribution in [0.25, 0.3) is 0 Å². The van der Waals surface area contributed by atoms with Crippen molar-refractivity contribution < 1.29 is 28.2 Å². The number of carboxylic acids is 1. The SMILES string of the molecule is O=C(O)C1CCCN1C(=O)CCCOc1ccc(F)cc1F. The number of nitrogens with zero attached hydrogens (tertiary/aromatic N) is 1. The molecule has 0 aromatic heterocycles. The number of hydrogen-bond acceptors (Lipinski definition) is 3. The predicted molar refractivity (Wildman–Crippen MR) is 73.5 cm³/mol. The molecular formula is C15H17F2NO4. The molecule has 1 amide bonds. The summed E-state index contributed by atoms with van der Waals surface area (Å²) >= 11 is 0. The van der Waals surface area contributed by atoms with Crippen LogP contribution in [0.1, 0.15) is 25.7 Å². The maximum Gasteiger partial charge on any atom is 0.326 e. The molecule has 5 nitrogen and oxygen atoms in total. The maximum absolute atomic E-state index is 13.3. The lowest BCUT2D eigenvalue weighted by atomic mass is 10.2. The van der Waals surface area contributed by atoms with Crippen molar-refractivity contribution in [3.8, 4) is 5.75 Å². The minimum absolute atomic E-state index is 0.0709. The Kier molecular flexibility index (Phi) is 5.30. The Bertz CT molecular complexity index is 564. The molecule has 0 radical (unpaired) electrons. The number of hydrogen-bond donors (Lipinski definition) is 1. The summed E-state index contributed by atoms with van der Waals surface area (Å²) in [6, 6.07) is 2.25. The summed E-state index contributed by atoms with van der Waals surface area (Å²) in [5.41, 5.74) is 0. The van der Waals surface area contributed by atoms with E-state index in [0.717, 1.165) is 12.1 Å². The molecule has 22 heavy (non-hydrogen) atoms. The number of benzene rings is 1. The zero-order chi connectivity index (χ0) is 16.1. The highest BCUT2D eigenvalue weighted by Gasteiger charge is 2.33. The van der Waals surface area contributed by atoms with Crippen molar-refractivity contribution in [1.82, 2.24) is 4.90 Å². The van der Waals surface area contributed by atoms with Gasteiger partial charge in [0.15, 0.2) is 11.6 Å². The lowest BCUT2D eigenvalue weighted by molar-refractivity contribution is -0.148. The van der Waals surface area contributed by atoms with Gasteiger partial charge in [-0.25, -0.2) is 13.6 Å². The second-order valence-electron chi connectivity index (χ2n) is 5.11. The molecule has 1 unspecified atom stereocenters. The Balaban J connectivity index is 1.76. The van der Waals surface area contributed by atoms with E-state index in [-0.39, 0.29) is 24.7 Å². The Labute approximate surface area is 126 Å². The van der Waals surface area contributed by atoms with E-state index in [1.165, 1.54) is 11.0 Å². The van der Waals surface area contributed by atoms with Gasteiger partial charge in [0.2, 0.25) is 5.91 Å². The largest absolute Gasteiger partial charge is 0.491 e. The highest BCUT2D eigenvalue weighted by molar-refractivity contribution is 5.84. The van der Waals surface area contributed by atoms with Crippen LogP contribution in [-0.4, -0.2) is 41.1 Å². The molecule has 0 bridgehead atoms. The van der Waals surface area contributed by atoms with E-state index in [1.54, 1.807) is 0 Å². The van der Waals surface area contributed by atoms with E-state index >= 15 is 0 Å². The molecule has 1 aromatic rings. The van der Waals surface area contributed by atoms with Crippen LogP contribution in [0.3, 0.4) is 0 Å². The molecule has 1 aromatic carbocycles. The van der Waals surface area contributed by atoms with Crippen molar-refractivity contribution >= 4 is 11.9 Å². The number of amides is 1. The molecule has 120 valence electrons. The van der Waals surface area contributed by atoms with Gasteiger partial charge in [-0.2, -0.15) is 0 Å². The summed E-state index contributed by atoms with van der Waals surface area (Å²) in [7, 11) is 0. The minimum Gasteiger partial charge on any atom is -0.491 e. The third-order valence-electron chi connectivity index (χ3n) is 3.54. The Morgan fingerprint density at radius 1 is 1.36 bits per heavy atom. The first-order chi connectivity index (χ1) is 10.5. The smallest absolute Gasteiger partial charge is 0.326 e. The van der Waals surface area contributed by atoms with Gasteiger partial charge >= 0.3 is 5.97 Å². The molecule has 1 aliphatic heterocycles. The average molecular weight is 313 g/mol. The highest BCUT2D eigenvalue weighted by Crippen LogP contribution is 2.20. The van der Waals surface area contributed by atoms with Crippen LogP contribution in [0.2, 0.25) is 0 Å². The molecule has 0 spiro atoms. The molecule has 1 fully saturated rings. The van der Waals surface area contributed by atoms with Gasteiger partial charge in [0.1, 0.15) is 11.9 Å². The first kappa shape index (κ1) is 16.2. The fourth-order valence-electron chi connectivity index (χ4n) is 2.46. The summed E-state index contributed by atoms with van der Waals surface area (Å²) < 4.78 is 31.2. The molecule has 1 saturated heterocycles. The van der Waals surface area contributed by atoms with Crippen molar-refractivity contribution in [1.29, 1.82) is 0 Å². The highest BCUT2D eigenvalue weighted by atomic mass is 19.1. The van der Waals surface area contributed by atoms with Gasteiger partial charge in [-0.3, -0.25) is 4.79 Å². The van der Waals surface area contributed by atoms with Gasteiger partial charge < -0.3 is 14.7 Å². The van der Waals surface area contributed by atoms with E-state index in [1.807, 2.05) is 0 Å². The molecule has 1 N–H and O–H groups in total. The number of carbonyl (C=O) groups is 2. The quantitative estimate of drug-likeness (QED) is 0.818. The van der Waals surface area contributed by atoms with Crippen molar-refractivity contribution in [2.45, 2.75) is 31.7 Å². The lowest BCUT2D eigenvalue weighted by Crippen LogP contribution is -2.40. The summed E-state index contributed by atoms with van der Waals surface area (Å²) in [5.74, 6) is -2.78. The fourth-order valence-corrected chi connectivity index (χ4v) is 2.46. The zero-order valence-electron chi connectivity index (χ0n) is 11.9. The summed E-state index contributed by atoms with van der Waals surface area (Å²) in [5, 5.41) is 9.01. The van der Waals surface area contributed by atoms with Crippen LogP contribution in [0.5, 0.6) is 5.75 Å². The summed E-state index contributed by atoms with van der Waals surface area (Å²) in [6.07, 6.45) is 1.61. The van der Waals surface area contributed by atoms with Crippen LogP contribution in [0, 0.1) is 11.6 Å². The Morgan fingerprint density at radius 3 is 2.82 bits per heavy atom. The van der Waals surface area contributed by atoms with Gasteiger partial charge in [0.25, 0.3) is 0 Å². The molecule has 7 heteroatoms. The summed E-state index contributed by atoms with van der Waals surface area (Å²) in [4.78, 5) is 24.3. The van der Waals surface area contributed by atoms with Gasteiger partial charge in [-0.15, -0.1) is 0 Å². The molecule has 1 aliphatic rings. The molecular weight excluding hydrogens is 296 g/mol. The molecule has 1 heterocycles. The molecule has 2 rings (SSSR count). The van der Waals surface area contributed by atoms with Gasteiger partial charge in [0, 0.05) is 19.0 Å². The van der Waals surface area contributed by atoms with Crippen LogP contribution in [0.4, 0.5) is 8.78 Å². The van der Waals surface area contributed by atoms with Gasteiger partial charge in [-0.05, 0) is 31.4 Å².